The first kappa shape index (κ1) is 11.4. The largest absolute Gasteiger partial charge is 0.496 e. The summed E-state index contributed by atoms with van der Waals surface area (Å²) in [6.07, 6.45) is 0.153. The summed E-state index contributed by atoms with van der Waals surface area (Å²) in [5.74, 6) is 0.998. The van der Waals surface area contributed by atoms with E-state index in [0.717, 1.165) is 16.9 Å². The summed E-state index contributed by atoms with van der Waals surface area (Å²) in [6, 6.07) is 3.61. The van der Waals surface area contributed by atoms with Crippen molar-refractivity contribution in [3.8, 4) is 11.5 Å². The van der Waals surface area contributed by atoms with Crippen LogP contribution in [0.3, 0.4) is 0 Å². The fourth-order valence-electron chi connectivity index (χ4n) is 1.44. The third-order valence-electron chi connectivity index (χ3n) is 2.16. The van der Waals surface area contributed by atoms with E-state index < -0.39 is 0 Å². The molecule has 1 aromatic carbocycles. The first-order valence-corrected chi connectivity index (χ1v) is 4.58. The number of aryl methyl sites for hydroxylation is 1. The molecule has 0 saturated heterocycles. The highest BCUT2D eigenvalue weighted by molar-refractivity contribution is 5.77. The zero-order chi connectivity index (χ0) is 11.4. The van der Waals surface area contributed by atoms with Crippen LogP contribution in [0.2, 0.25) is 0 Å². The third kappa shape index (κ3) is 2.62. The van der Waals surface area contributed by atoms with Gasteiger partial charge in [-0.2, -0.15) is 0 Å². The van der Waals surface area contributed by atoms with E-state index in [1.165, 1.54) is 0 Å². The molecule has 0 bridgehead atoms. The van der Waals surface area contributed by atoms with E-state index >= 15 is 0 Å². The van der Waals surface area contributed by atoms with E-state index in [-0.39, 0.29) is 12.3 Å². The number of hydrogen-bond acceptors (Lipinski definition) is 3. The lowest BCUT2D eigenvalue weighted by molar-refractivity contribution is -0.117. The maximum atomic E-state index is 10.8. The van der Waals surface area contributed by atoms with E-state index in [4.69, 9.17) is 15.2 Å². The second-order valence-corrected chi connectivity index (χ2v) is 3.28. The topological polar surface area (TPSA) is 61.5 Å². The molecule has 0 unspecified atom stereocenters. The number of amides is 1. The van der Waals surface area contributed by atoms with Crippen LogP contribution in [0.25, 0.3) is 0 Å². The van der Waals surface area contributed by atoms with Gasteiger partial charge >= 0.3 is 0 Å². The number of ether oxygens (including phenoxy) is 2. The Labute approximate surface area is 89.0 Å². The number of primary amides is 1. The highest BCUT2D eigenvalue weighted by Gasteiger charge is 2.10. The third-order valence-corrected chi connectivity index (χ3v) is 2.16. The maximum Gasteiger partial charge on any atom is 0.221 e. The molecular weight excluding hydrogens is 194 g/mol. The van der Waals surface area contributed by atoms with E-state index in [0.29, 0.717) is 5.75 Å². The average Bonchev–Trinajstić information content (AvgIpc) is 2.19. The van der Waals surface area contributed by atoms with Gasteiger partial charge in [-0.25, -0.2) is 0 Å². The molecule has 0 aromatic heterocycles. The molecule has 1 amide bonds. The fourth-order valence-corrected chi connectivity index (χ4v) is 1.44. The SMILES string of the molecule is COc1cc(CC(N)=O)c(OC)cc1C. The van der Waals surface area contributed by atoms with Crippen LogP contribution in [0.1, 0.15) is 11.1 Å². The first-order chi connectivity index (χ1) is 7.08. The molecule has 82 valence electrons. The van der Waals surface area contributed by atoms with E-state index in [1.54, 1.807) is 20.3 Å². The van der Waals surface area contributed by atoms with Crippen LogP contribution in [-0.2, 0) is 11.2 Å². The van der Waals surface area contributed by atoms with Gasteiger partial charge in [-0.15, -0.1) is 0 Å². The minimum absolute atomic E-state index is 0.153. The molecule has 4 heteroatoms. The summed E-state index contributed by atoms with van der Waals surface area (Å²) in [5, 5.41) is 0. The predicted molar refractivity (Wildman–Crippen MR) is 57.2 cm³/mol. The molecule has 0 saturated carbocycles. The minimum Gasteiger partial charge on any atom is -0.496 e. The normalized spacial score (nSPS) is 9.80. The Kier molecular flexibility index (Phi) is 3.55. The van der Waals surface area contributed by atoms with Gasteiger partial charge in [0.25, 0.3) is 0 Å². The molecule has 15 heavy (non-hydrogen) atoms. The number of methoxy groups -OCH3 is 2. The van der Waals surface area contributed by atoms with Gasteiger partial charge in [0, 0.05) is 5.56 Å². The zero-order valence-corrected chi connectivity index (χ0v) is 9.16. The summed E-state index contributed by atoms with van der Waals surface area (Å²) in [7, 11) is 3.15. The molecule has 0 aliphatic rings. The average molecular weight is 209 g/mol. The van der Waals surface area contributed by atoms with Gasteiger partial charge in [0.05, 0.1) is 20.6 Å². The molecule has 0 aliphatic heterocycles. The Morgan fingerprint density at radius 3 is 2.33 bits per heavy atom. The van der Waals surface area contributed by atoms with E-state index in [9.17, 15) is 4.79 Å². The predicted octanol–water partition coefficient (Wildman–Crippen LogP) is 1.04. The summed E-state index contributed by atoms with van der Waals surface area (Å²) >= 11 is 0. The van der Waals surface area contributed by atoms with Crippen LogP contribution in [0.5, 0.6) is 11.5 Å². The monoisotopic (exact) mass is 209 g/mol. The number of carbonyl (C=O) groups excluding carboxylic acids is 1. The molecule has 2 N–H and O–H groups in total. The van der Waals surface area contributed by atoms with Crippen LogP contribution in [0.15, 0.2) is 12.1 Å². The highest BCUT2D eigenvalue weighted by atomic mass is 16.5. The molecule has 0 fully saturated rings. The molecule has 4 nitrogen and oxygen atoms in total. The van der Waals surface area contributed by atoms with Gasteiger partial charge < -0.3 is 15.2 Å². The number of carbonyl (C=O) groups is 1. The Balaban J connectivity index is 3.16. The molecule has 1 aromatic rings. The second kappa shape index (κ2) is 4.68. The first-order valence-electron chi connectivity index (χ1n) is 4.58. The smallest absolute Gasteiger partial charge is 0.221 e. The Morgan fingerprint density at radius 2 is 1.87 bits per heavy atom. The molecule has 0 spiro atoms. The van der Waals surface area contributed by atoms with Crippen molar-refractivity contribution in [2.45, 2.75) is 13.3 Å². The number of nitrogens with two attached hydrogens (primary N) is 1. The van der Waals surface area contributed by atoms with Gasteiger partial charge in [-0.1, -0.05) is 0 Å². The molecule has 1 rings (SSSR count). The second-order valence-electron chi connectivity index (χ2n) is 3.28. The lowest BCUT2D eigenvalue weighted by atomic mass is 10.1. The van der Waals surface area contributed by atoms with Gasteiger partial charge in [-0.3, -0.25) is 4.79 Å². The van der Waals surface area contributed by atoms with Crippen LogP contribution >= 0.6 is 0 Å². The lowest BCUT2D eigenvalue weighted by Crippen LogP contribution is -2.14. The number of benzene rings is 1. The minimum atomic E-state index is -0.390. The molecule has 0 radical (unpaired) electrons. The fraction of sp³-hybridized carbons (Fsp3) is 0.364. The van der Waals surface area contributed by atoms with Crippen LogP contribution in [0.4, 0.5) is 0 Å². The van der Waals surface area contributed by atoms with E-state index in [1.807, 2.05) is 13.0 Å². The standard InChI is InChI=1S/C11H15NO3/c1-7-4-10(15-3)8(6-11(12)13)5-9(7)14-2/h4-5H,6H2,1-3H3,(H2,12,13). The summed E-state index contributed by atoms with van der Waals surface area (Å²) in [6.45, 7) is 1.91. The van der Waals surface area contributed by atoms with E-state index in [2.05, 4.69) is 0 Å². The number of rotatable bonds is 4. The Morgan fingerprint density at radius 1 is 1.27 bits per heavy atom. The van der Waals surface area contributed by atoms with Gasteiger partial charge in [0.1, 0.15) is 11.5 Å². The van der Waals surface area contributed by atoms with Crippen molar-refractivity contribution in [2.75, 3.05) is 14.2 Å². The van der Waals surface area contributed by atoms with Crippen molar-refractivity contribution in [3.05, 3.63) is 23.3 Å². The number of hydrogen-bond donors (Lipinski definition) is 1. The van der Waals surface area contributed by atoms with Gasteiger partial charge in [0.2, 0.25) is 5.91 Å². The summed E-state index contributed by atoms with van der Waals surface area (Å²) < 4.78 is 10.3. The van der Waals surface area contributed by atoms with Crippen molar-refractivity contribution >= 4 is 5.91 Å². The van der Waals surface area contributed by atoms with Crippen LogP contribution in [-0.4, -0.2) is 20.1 Å². The lowest BCUT2D eigenvalue weighted by Gasteiger charge is -2.11. The van der Waals surface area contributed by atoms with Gasteiger partial charge in [-0.05, 0) is 24.6 Å². The summed E-state index contributed by atoms with van der Waals surface area (Å²) in [5.41, 5.74) is 6.85. The maximum absolute atomic E-state index is 10.8. The van der Waals surface area contributed by atoms with Crippen molar-refractivity contribution in [1.82, 2.24) is 0 Å². The molecular formula is C11H15NO3. The van der Waals surface area contributed by atoms with Crippen LogP contribution < -0.4 is 15.2 Å². The summed E-state index contributed by atoms with van der Waals surface area (Å²) in [4.78, 5) is 10.8. The van der Waals surface area contributed by atoms with Gasteiger partial charge in [0.15, 0.2) is 0 Å². The Bertz CT molecular complexity index is 374. The van der Waals surface area contributed by atoms with Crippen molar-refractivity contribution in [1.29, 1.82) is 0 Å². The van der Waals surface area contributed by atoms with Crippen molar-refractivity contribution in [2.24, 2.45) is 5.73 Å². The van der Waals surface area contributed by atoms with Crippen molar-refractivity contribution < 1.29 is 14.3 Å². The van der Waals surface area contributed by atoms with Crippen LogP contribution in [0, 0.1) is 6.92 Å². The molecule has 0 atom stereocenters. The highest BCUT2D eigenvalue weighted by Crippen LogP contribution is 2.28. The molecule has 0 heterocycles. The quantitative estimate of drug-likeness (QED) is 0.806. The Hall–Kier alpha value is -1.71. The van der Waals surface area contributed by atoms with Crippen molar-refractivity contribution in [3.63, 3.8) is 0 Å². The zero-order valence-electron chi connectivity index (χ0n) is 9.16. The molecule has 0 aliphatic carbocycles.